The number of aliphatic imine (C=N–C) groups is 1. The van der Waals surface area contributed by atoms with Crippen molar-refractivity contribution in [3.05, 3.63) is 36.4 Å². The Morgan fingerprint density at radius 2 is 1.38 bits per heavy atom. The Morgan fingerprint density at radius 3 is 1.69 bits per heavy atom. The maximum absolute atomic E-state index is 3.82. The molecule has 0 amide bonds. The number of rotatable bonds is 2. The summed E-state index contributed by atoms with van der Waals surface area (Å²) in [5.41, 5.74) is 1.91. The summed E-state index contributed by atoms with van der Waals surface area (Å²) in [5.74, 6) is 0. The van der Waals surface area contributed by atoms with Crippen LogP contribution in [0.15, 0.2) is 35.8 Å². The van der Waals surface area contributed by atoms with Crippen LogP contribution in [-0.4, -0.2) is 6.72 Å². The summed E-state index contributed by atoms with van der Waals surface area (Å²) in [6.45, 7) is 19.1. The number of hydrogen-bond donors (Lipinski definition) is 0. The Bertz CT molecular complexity index is 224. The summed E-state index contributed by atoms with van der Waals surface area (Å²) < 4.78 is 0. The molecule has 92 valence electrons. The summed E-state index contributed by atoms with van der Waals surface area (Å²) in [6.07, 6.45) is 1.77. The monoisotopic (exact) mass is 221 g/mol. The van der Waals surface area contributed by atoms with E-state index in [0.29, 0.717) is 0 Å². The number of hydrogen-bond acceptors (Lipinski definition) is 1. The Labute approximate surface area is 102 Å². The molecule has 1 nitrogen and oxygen atoms in total. The smallest absolute Gasteiger partial charge is 0.0694 e. The molecule has 0 spiro atoms. The quantitative estimate of drug-likeness (QED) is 0.565. The van der Waals surface area contributed by atoms with Gasteiger partial charge in [-0.15, -0.1) is 0 Å². The van der Waals surface area contributed by atoms with Gasteiger partial charge in [0.25, 0.3) is 0 Å². The summed E-state index contributed by atoms with van der Waals surface area (Å²) in [6, 6.07) is 7.74. The maximum Gasteiger partial charge on any atom is 0.0694 e. The molecule has 0 unspecified atom stereocenters. The third-order valence-electron chi connectivity index (χ3n) is 1.33. The average Bonchev–Trinajstić information content (AvgIpc) is 2.45. The first kappa shape index (κ1) is 20.1. The molecule has 0 aliphatic rings. The van der Waals surface area contributed by atoms with Gasteiger partial charge in [-0.25, -0.2) is 0 Å². The van der Waals surface area contributed by atoms with E-state index < -0.39 is 0 Å². The zero-order valence-corrected chi connectivity index (χ0v) is 11.7. The van der Waals surface area contributed by atoms with Gasteiger partial charge in [0.1, 0.15) is 0 Å². The SMILES string of the molecule is C=Cc1ccccc1N=C.CC.CC.CC. The van der Waals surface area contributed by atoms with E-state index in [0.717, 1.165) is 11.3 Å². The predicted molar refractivity (Wildman–Crippen MR) is 79.8 cm³/mol. The first-order valence-corrected chi connectivity index (χ1v) is 6.06. The molecule has 1 rings (SSSR count). The van der Waals surface area contributed by atoms with E-state index in [-0.39, 0.29) is 0 Å². The summed E-state index contributed by atoms with van der Waals surface area (Å²) in [4.78, 5) is 3.82. The lowest BCUT2D eigenvalue weighted by Gasteiger charge is -1.95. The highest BCUT2D eigenvalue weighted by atomic mass is 14.7. The van der Waals surface area contributed by atoms with Gasteiger partial charge < -0.3 is 0 Å². The molecule has 0 aromatic heterocycles. The Balaban J connectivity index is -0.000000245. The van der Waals surface area contributed by atoms with Crippen LogP contribution in [0.1, 0.15) is 47.1 Å². The van der Waals surface area contributed by atoms with Gasteiger partial charge in [0.05, 0.1) is 5.69 Å². The van der Waals surface area contributed by atoms with Crippen LogP contribution in [0, 0.1) is 0 Å². The lowest BCUT2D eigenvalue weighted by atomic mass is 10.2. The van der Waals surface area contributed by atoms with Gasteiger partial charge in [0, 0.05) is 0 Å². The number of benzene rings is 1. The van der Waals surface area contributed by atoms with Crippen LogP contribution in [0.4, 0.5) is 5.69 Å². The molecule has 16 heavy (non-hydrogen) atoms. The van der Waals surface area contributed by atoms with Crippen LogP contribution in [0.5, 0.6) is 0 Å². The Hall–Kier alpha value is -1.37. The van der Waals surface area contributed by atoms with E-state index >= 15 is 0 Å². The zero-order valence-electron chi connectivity index (χ0n) is 11.7. The highest BCUT2D eigenvalue weighted by molar-refractivity contribution is 5.64. The fraction of sp³-hybridized carbons (Fsp3) is 0.400. The summed E-state index contributed by atoms with van der Waals surface area (Å²) in [7, 11) is 0. The van der Waals surface area contributed by atoms with Crippen molar-refractivity contribution in [2.24, 2.45) is 4.99 Å². The topological polar surface area (TPSA) is 12.4 Å². The van der Waals surface area contributed by atoms with Crippen molar-refractivity contribution in [2.75, 3.05) is 0 Å². The van der Waals surface area contributed by atoms with Crippen LogP contribution in [-0.2, 0) is 0 Å². The fourth-order valence-corrected chi connectivity index (χ4v) is 0.804. The van der Waals surface area contributed by atoms with Crippen molar-refractivity contribution in [3.8, 4) is 0 Å². The molecule has 1 aromatic carbocycles. The van der Waals surface area contributed by atoms with Crippen molar-refractivity contribution in [1.82, 2.24) is 0 Å². The van der Waals surface area contributed by atoms with Crippen LogP contribution in [0.2, 0.25) is 0 Å². The molecule has 0 heterocycles. The predicted octanol–water partition coefficient (Wildman–Crippen LogP) is 5.74. The van der Waals surface area contributed by atoms with Crippen LogP contribution < -0.4 is 0 Å². The molecule has 1 heteroatoms. The largest absolute Gasteiger partial charge is 0.264 e. The normalized spacial score (nSPS) is 6.62. The molecule has 0 radical (unpaired) electrons. The van der Waals surface area contributed by atoms with E-state index in [2.05, 4.69) is 18.3 Å². The fourth-order valence-electron chi connectivity index (χ4n) is 0.804. The zero-order chi connectivity index (χ0) is 13.4. The Kier molecular flexibility index (Phi) is 24.2. The van der Waals surface area contributed by atoms with E-state index in [1.807, 2.05) is 65.8 Å². The molecule has 0 fully saturated rings. The van der Waals surface area contributed by atoms with Crippen LogP contribution in [0.3, 0.4) is 0 Å². The van der Waals surface area contributed by atoms with Crippen LogP contribution >= 0.6 is 0 Å². The van der Waals surface area contributed by atoms with Crippen molar-refractivity contribution < 1.29 is 0 Å². The second kappa shape index (κ2) is 19.2. The van der Waals surface area contributed by atoms with E-state index in [1.54, 1.807) is 6.08 Å². The lowest BCUT2D eigenvalue weighted by molar-refractivity contribution is 1.50. The first-order chi connectivity index (χ1) is 7.88. The average molecular weight is 221 g/mol. The van der Waals surface area contributed by atoms with Crippen molar-refractivity contribution in [1.29, 1.82) is 0 Å². The second-order valence-electron chi connectivity index (χ2n) is 1.92. The van der Waals surface area contributed by atoms with Gasteiger partial charge in [-0.3, -0.25) is 4.99 Å². The standard InChI is InChI=1S/C9H9N.3C2H6/c1-3-8-6-4-5-7-9(8)10-2;3*1-2/h3-7H,1-2H2;3*1-2H3. The van der Waals surface area contributed by atoms with Gasteiger partial charge in [-0.2, -0.15) is 0 Å². The van der Waals surface area contributed by atoms with Gasteiger partial charge in [-0.1, -0.05) is 72.4 Å². The van der Waals surface area contributed by atoms with E-state index in [1.165, 1.54) is 0 Å². The molecule has 0 saturated carbocycles. The van der Waals surface area contributed by atoms with Gasteiger partial charge >= 0.3 is 0 Å². The maximum atomic E-state index is 3.82. The lowest BCUT2D eigenvalue weighted by Crippen LogP contribution is -1.70. The minimum atomic E-state index is 0.887. The molecular formula is C15H27N. The van der Waals surface area contributed by atoms with Gasteiger partial charge in [0.15, 0.2) is 0 Å². The first-order valence-electron chi connectivity index (χ1n) is 6.06. The van der Waals surface area contributed by atoms with E-state index in [4.69, 9.17) is 0 Å². The van der Waals surface area contributed by atoms with E-state index in [9.17, 15) is 0 Å². The van der Waals surface area contributed by atoms with Crippen LogP contribution in [0.25, 0.3) is 6.08 Å². The minimum Gasteiger partial charge on any atom is -0.264 e. The molecule has 1 aromatic rings. The molecule has 0 N–H and O–H groups in total. The van der Waals surface area contributed by atoms with Crippen molar-refractivity contribution >= 4 is 18.5 Å². The molecular weight excluding hydrogens is 194 g/mol. The number of nitrogens with zero attached hydrogens (tertiary/aromatic N) is 1. The molecule has 0 saturated heterocycles. The summed E-state index contributed by atoms with van der Waals surface area (Å²) >= 11 is 0. The highest BCUT2D eigenvalue weighted by Crippen LogP contribution is 2.17. The van der Waals surface area contributed by atoms with Gasteiger partial charge in [0.2, 0.25) is 0 Å². The molecule has 0 atom stereocenters. The highest BCUT2D eigenvalue weighted by Gasteiger charge is 1.90. The third kappa shape index (κ3) is 9.20. The van der Waals surface area contributed by atoms with Crippen molar-refractivity contribution in [3.63, 3.8) is 0 Å². The molecule has 0 aliphatic heterocycles. The number of para-hydroxylation sites is 1. The van der Waals surface area contributed by atoms with Crippen molar-refractivity contribution in [2.45, 2.75) is 41.5 Å². The molecule has 0 aliphatic carbocycles. The second-order valence-corrected chi connectivity index (χ2v) is 1.92. The third-order valence-corrected chi connectivity index (χ3v) is 1.33. The minimum absolute atomic E-state index is 0.887. The van der Waals surface area contributed by atoms with Gasteiger partial charge in [-0.05, 0) is 18.3 Å². The molecule has 0 bridgehead atoms. The summed E-state index contributed by atoms with van der Waals surface area (Å²) in [5, 5.41) is 0. The Morgan fingerprint density at radius 1 is 0.938 bits per heavy atom.